The lowest BCUT2D eigenvalue weighted by Gasteiger charge is -2.15. The number of hydrogen-bond donors (Lipinski definition) is 2. The zero-order valence-corrected chi connectivity index (χ0v) is 11.5. The Morgan fingerprint density at radius 3 is 2.39 bits per heavy atom. The van der Waals surface area contributed by atoms with Crippen molar-refractivity contribution in [2.24, 2.45) is 5.92 Å². The number of aliphatic carboxylic acids is 1. The molecule has 0 heterocycles. The molecule has 0 rings (SSSR count). The number of allylic oxidation sites excluding steroid dienone is 2. The monoisotopic (exact) mass is 256 g/mol. The summed E-state index contributed by atoms with van der Waals surface area (Å²) in [6.07, 6.45) is 3.36. The van der Waals surface area contributed by atoms with Gasteiger partial charge in [-0.2, -0.15) is 0 Å². The highest BCUT2D eigenvalue weighted by Gasteiger charge is 2.16. The van der Waals surface area contributed by atoms with Gasteiger partial charge in [-0.3, -0.25) is 9.59 Å². The molecule has 0 fully saturated rings. The summed E-state index contributed by atoms with van der Waals surface area (Å²) in [6, 6.07) is 0. The van der Waals surface area contributed by atoms with Gasteiger partial charge < -0.3 is 10.2 Å². The highest BCUT2D eigenvalue weighted by Crippen LogP contribution is 2.16. The fourth-order valence-electron chi connectivity index (χ4n) is 1.83. The first kappa shape index (κ1) is 16.8. The average Bonchev–Trinajstić information content (AvgIpc) is 2.14. The normalized spacial score (nSPS) is 13.8. The molecule has 0 aliphatic heterocycles. The third kappa shape index (κ3) is 10.0. The largest absolute Gasteiger partial charge is 0.481 e. The Morgan fingerprint density at radius 2 is 1.89 bits per heavy atom. The minimum Gasteiger partial charge on any atom is -0.481 e. The van der Waals surface area contributed by atoms with Crippen LogP contribution in [0.5, 0.6) is 0 Å². The minimum atomic E-state index is -1.14. The number of carbonyl (C=O) groups excluding carboxylic acids is 1. The van der Waals surface area contributed by atoms with E-state index in [1.54, 1.807) is 0 Å². The molecule has 104 valence electrons. The zero-order chi connectivity index (χ0) is 14.1. The number of Topliss-reactive ketones (excluding diaryl/α,β-unsaturated/α-hetero) is 1. The third-order valence-electron chi connectivity index (χ3n) is 2.70. The summed E-state index contributed by atoms with van der Waals surface area (Å²) in [5.74, 6) is -1.22. The van der Waals surface area contributed by atoms with Gasteiger partial charge in [-0.1, -0.05) is 18.6 Å². The second-order valence-corrected chi connectivity index (χ2v) is 5.17. The molecule has 0 amide bonds. The fraction of sp³-hybridized carbons (Fsp3) is 0.714. The number of rotatable bonds is 9. The smallest absolute Gasteiger partial charge is 0.310 e. The van der Waals surface area contributed by atoms with E-state index < -0.39 is 24.3 Å². The van der Waals surface area contributed by atoms with Crippen LogP contribution < -0.4 is 0 Å². The maximum atomic E-state index is 11.2. The molecule has 0 aromatic rings. The number of carbonyl (C=O) groups is 2. The van der Waals surface area contributed by atoms with Crippen LogP contribution in [0.25, 0.3) is 0 Å². The lowest BCUT2D eigenvalue weighted by Crippen LogP contribution is -2.18. The summed E-state index contributed by atoms with van der Waals surface area (Å²) in [4.78, 5) is 21.5. The molecule has 0 aliphatic rings. The molecule has 0 spiro atoms. The van der Waals surface area contributed by atoms with Crippen molar-refractivity contribution in [3.8, 4) is 0 Å². The van der Waals surface area contributed by atoms with Crippen molar-refractivity contribution in [1.82, 2.24) is 0 Å². The van der Waals surface area contributed by atoms with Crippen LogP contribution in [0.4, 0.5) is 0 Å². The van der Waals surface area contributed by atoms with Gasteiger partial charge in [0.15, 0.2) is 0 Å². The van der Waals surface area contributed by atoms with Crippen LogP contribution in [-0.4, -0.2) is 28.1 Å². The summed E-state index contributed by atoms with van der Waals surface area (Å²) in [6.45, 7) is 6.12. The first-order valence-electron chi connectivity index (χ1n) is 6.36. The van der Waals surface area contributed by atoms with Crippen LogP contribution in [0.15, 0.2) is 11.6 Å². The topological polar surface area (TPSA) is 74.6 Å². The Balaban J connectivity index is 3.86. The summed E-state index contributed by atoms with van der Waals surface area (Å²) in [5, 5.41) is 18.1. The van der Waals surface area contributed by atoms with E-state index in [9.17, 15) is 14.7 Å². The predicted molar refractivity (Wildman–Crippen MR) is 70.3 cm³/mol. The highest BCUT2D eigenvalue weighted by atomic mass is 16.4. The van der Waals surface area contributed by atoms with Crippen molar-refractivity contribution >= 4 is 11.8 Å². The molecule has 0 aromatic heterocycles. The van der Waals surface area contributed by atoms with E-state index in [1.165, 1.54) is 5.57 Å². The number of ketones is 1. The van der Waals surface area contributed by atoms with Crippen molar-refractivity contribution in [3.63, 3.8) is 0 Å². The second kappa shape index (κ2) is 8.86. The minimum absolute atomic E-state index is 0.0563. The summed E-state index contributed by atoms with van der Waals surface area (Å²) >= 11 is 0. The average molecular weight is 256 g/mol. The molecule has 2 N–H and O–H groups in total. The Bertz CT molecular complexity index is 303. The van der Waals surface area contributed by atoms with E-state index in [4.69, 9.17) is 5.11 Å². The van der Waals surface area contributed by atoms with Crippen LogP contribution in [0.1, 0.15) is 52.9 Å². The molecular formula is C14H24O4. The lowest BCUT2D eigenvalue weighted by atomic mass is 9.95. The van der Waals surface area contributed by atoms with Crippen molar-refractivity contribution in [1.29, 1.82) is 0 Å². The van der Waals surface area contributed by atoms with Gasteiger partial charge in [0, 0.05) is 6.42 Å². The van der Waals surface area contributed by atoms with Crippen LogP contribution in [0, 0.1) is 5.92 Å². The molecule has 0 bridgehead atoms. The maximum absolute atomic E-state index is 11.2. The number of hydrogen-bond acceptors (Lipinski definition) is 3. The molecule has 0 radical (unpaired) electrons. The highest BCUT2D eigenvalue weighted by molar-refractivity contribution is 5.94. The first-order valence-corrected chi connectivity index (χ1v) is 6.36. The van der Waals surface area contributed by atoms with Gasteiger partial charge in [-0.15, -0.1) is 0 Å². The molecule has 0 aromatic carbocycles. The summed E-state index contributed by atoms with van der Waals surface area (Å²) < 4.78 is 0. The third-order valence-corrected chi connectivity index (χ3v) is 2.70. The number of aliphatic hydroxyl groups excluding tert-OH is 1. The SMILES string of the molecule is CC(C)=CCCC(C)CC(O)CC(=O)CC(=O)O. The molecule has 0 aliphatic carbocycles. The number of carboxylic acids is 1. The quantitative estimate of drug-likeness (QED) is 0.491. The molecule has 0 saturated heterocycles. The van der Waals surface area contributed by atoms with E-state index in [1.807, 2.05) is 20.8 Å². The molecule has 18 heavy (non-hydrogen) atoms. The van der Waals surface area contributed by atoms with Crippen LogP contribution in [-0.2, 0) is 9.59 Å². The summed E-state index contributed by atoms with van der Waals surface area (Å²) in [5.41, 5.74) is 1.28. The number of carboxylic acid groups (broad SMARTS) is 1. The molecule has 4 heteroatoms. The van der Waals surface area contributed by atoms with Crippen molar-refractivity contribution in [2.75, 3.05) is 0 Å². The Morgan fingerprint density at radius 1 is 1.28 bits per heavy atom. The van der Waals surface area contributed by atoms with Gasteiger partial charge in [0.2, 0.25) is 0 Å². The van der Waals surface area contributed by atoms with Crippen molar-refractivity contribution in [3.05, 3.63) is 11.6 Å². The lowest BCUT2D eigenvalue weighted by molar-refractivity contribution is -0.140. The Labute approximate surface area is 109 Å². The maximum Gasteiger partial charge on any atom is 0.310 e. The molecule has 0 saturated carbocycles. The zero-order valence-electron chi connectivity index (χ0n) is 11.5. The van der Waals surface area contributed by atoms with E-state index in [0.29, 0.717) is 12.3 Å². The number of aliphatic hydroxyl groups is 1. The molecular weight excluding hydrogens is 232 g/mol. The van der Waals surface area contributed by atoms with Crippen LogP contribution in [0.3, 0.4) is 0 Å². The van der Waals surface area contributed by atoms with Gasteiger partial charge >= 0.3 is 5.97 Å². The van der Waals surface area contributed by atoms with E-state index in [2.05, 4.69) is 6.08 Å². The van der Waals surface area contributed by atoms with E-state index >= 15 is 0 Å². The van der Waals surface area contributed by atoms with Crippen LogP contribution in [0.2, 0.25) is 0 Å². The molecule has 2 atom stereocenters. The predicted octanol–water partition coefficient (Wildman–Crippen LogP) is 2.55. The molecule has 2 unspecified atom stereocenters. The van der Waals surface area contributed by atoms with Gasteiger partial charge in [-0.25, -0.2) is 0 Å². The van der Waals surface area contributed by atoms with E-state index in [0.717, 1.165) is 12.8 Å². The first-order chi connectivity index (χ1) is 8.31. The second-order valence-electron chi connectivity index (χ2n) is 5.17. The summed E-state index contributed by atoms with van der Waals surface area (Å²) in [7, 11) is 0. The van der Waals surface area contributed by atoms with Crippen LogP contribution >= 0.6 is 0 Å². The van der Waals surface area contributed by atoms with Crippen molar-refractivity contribution < 1.29 is 19.8 Å². The van der Waals surface area contributed by atoms with Gasteiger partial charge in [-0.05, 0) is 39.0 Å². The van der Waals surface area contributed by atoms with Gasteiger partial charge in [0.05, 0.1) is 6.10 Å². The Kier molecular flexibility index (Phi) is 8.29. The fourth-order valence-corrected chi connectivity index (χ4v) is 1.83. The Hall–Kier alpha value is -1.16. The van der Waals surface area contributed by atoms with Crippen molar-refractivity contribution in [2.45, 2.75) is 59.0 Å². The molecule has 4 nitrogen and oxygen atoms in total. The van der Waals surface area contributed by atoms with E-state index in [-0.39, 0.29) is 6.42 Å². The standard InChI is InChI=1S/C14H24O4/c1-10(2)5-4-6-11(3)7-12(15)8-13(16)9-14(17)18/h5,11-12,15H,4,6-9H2,1-3H3,(H,17,18). The van der Waals surface area contributed by atoms with Gasteiger partial charge in [0.25, 0.3) is 0 Å². The van der Waals surface area contributed by atoms with Gasteiger partial charge in [0.1, 0.15) is 12.2 Å².